The van der Waals surface area contributed by atoms with E-state index in [1.807, 2.05) is 146 Å². The molecule has 0 aromatic heterocycles. The maximum Gasteiger partial charge on any atom is 0.325 e. The van der Waals surface area contributed by atoms with Crippen molar-refractivity contribution >= 4 is 92.6 Å². The average molecular weight is 1470 g/mol. The minimum atomic E-state index is -0.496. The molecule has 0 N–H and O–H groups in total. The molecule has 0 radical (unpaired) electrons. The van der Waals surface area contributed by atoms with E-state index in [1.54, 1.807) is 55.4 Å². The van der Waals surface area contributed by atoms with Gasteiger partial charge >= 0.3 is 23.9 Å². The molecule has 0 aliphatic carbocycles. The Bertz CT molecular complexity index is 3900. The number of amides is 4. The standard InChI is InChI=1S/C84H96N8O16/c1-53(2)105-77(97)49-89(57(9)93)37-17-41-101-65-25-13-21-61(45-65)81-69-29-31-71(85-69)82(62-22-14-26-66(46-62)102-42-18-38-90(58(10)94)50-78(98)106-54(3)4)73-33-35-75(87-73)84(64-24-16-28-68(48-64)104-44-20-40-92(60(12)96)52-80(100)108-56(7)8)76-36-34-74(88-76)83(72-32-30-70(81)86-72)63-23-15-27-67(47-63)103-43-19-39-91(59(11)95)51-79(99)107-55(5)6/h13-16,21-36,45-48,53-56H,17-20,37-44,49-52H2,1-12H3. The highest BCUT2D eigenvalue weighted by Crippen LogP contribution is 2.40. The molecule has 0 fully saturated rings. The Kier molecular flexibility index (Phi) is 28.8. The van der Waals surface area contributed by atoms with Gasteiger partial charge in [0.05, 0.1) is 96.5 Å². The molecule has 0 unspecified atom stereocenters. The van der Waals surface area contributed by atoms with Crippen molar-refractivity contribution in [2.75, 3.05) is 78.8 Å². The molecule has 8 bridgehead atoms. The van der Waals surface area contributed by atoms with Gasteiger partial charge in [-0.3, -0.25) is 38.4 Å². The van der Waals surface area contributed by atoms with E-state index in [-0.39, 0.29) is 127 Å². The number of allylic oxidation sites excluding steroid dienone is 12. The maximum absolute atomic E-state index is 12.7. The molecular weight excluding hydrogens is 1380 g/mol. The van der Waals surface area contributed by atoms with Gasteiger partial charge in [-0.05, 0) is 200 Å². The van der Waals surface area contributed by atoms with Gasteiger partial charge in [-0.1, -0.05) is 48.5 Å². The molecule has 108 heavy (non-hydrogen) atoms. The highest BCUT2D eigenvalue weighted by molar-refractivity contribution is 6.39. The lowest BCUT2D eigenvalue weighted by Crippen LogP contribution is -2.36. The van der Waals surface area contributed by atoms with Crippen LogP contribution in [0, 0.1) is 0 Å². The number of esters is 4. The summed E-state index contributed by atoms with van der Waals surface area (Å²) in [5.74, 6) is -0.931. The maximum atomic E-state index is 12.7. The van der Waals surface area contributed by atoms with Gasteiger partial charge in [0, 0.05) is 76.2 Å². The first-order valence-corrected chi connectivity index (χ1v) is 36.5. The van der Waals surface area contributed by atoms with Crippen molar-refractivity contribution in [2.45, 2.75) is 133 Å². The summed E-state index contributed by atoms with van der Waals surface area (Å²) in [5, 5.41) is 0. The third kappa shape index (κ3) is 23.2. The number of aliphatic imine (C=N–C) groups is 4. The van der Waals surface area contributed by atoms with Gasteiger partial charge < -0.3 is 57.5 Å². The van der Waals surface area contributed by atoms with Crippen LogP contribution in [0.25, 0.3) is 22.3 Å². The Morgan fingerprint density at radius 2 is 0.509 bits per heavy atom. The van der Waals surface area contributed by atoms with E-state index in [4.69, 9.17) is 57.9 Å². The van der Waals surface area contributed by atoms with Crippen LogP contribution in [-0.2, 0) is 57.3 Å². The molecule has 0 spiro atoms. The Labute approximate surface area is 631 Å². The average Bonchev–Trinajstić information content (AvgIpc) is 1.61. The lowest BCUT2D eigenvalue weighted by atomic mass is 9.98. The molecule has 24 heteroatoms. The third-order valence-corrected chi connectivity index (χ3v) is 17.0. The topological polar surface area (TPSA) is 273 Å². The summed E-state index contributed by atoms with van der Waals surface area (Å²) in [6, 6.07) is 30.4. The zero-order valence-corrected chi connectivity index (χ0v) is 63.6. The molecule has 568 valence electrons. The quantitative estimate of drug-likeness (QED) is 0.0232. The van der Waals surface area contributed by atoms with Crippen molar-refractivity contribution in [3.8, 4) is 23.0 Å². The van der Waals surface area contributed by atoms with Crippen molar-refractivity contribution in [1.82, 2.24) is 19.6 Å². The molecule has 5 aliphatic rings. The van der Waals surface area contributed by atoms with Gasteiger partial charge in [-0.2, -0.15) is 0 Å². The smallest absolute Gasteiger partial charge is 0.325 e. The van der Waals surface area contributed by atoms with Crippen LogP contribution < -0.4 is 18.9 Å². The van der Waals surface area contributed by atoms with Gasteiger partial charge in [0.15, 0.2) is 0 Å². The number of nitrogens with zero attached hydrogens (tertiary/aromatic N) is 8. The Balaban J connectivity index is 1.15. The minimum absolute atomic E-state index is 0.183. The Morgan fingerprint density at radius 3 is 0.694 bits per heavy atom. The number of fused-ring (bicyclic) bond motifs is 4. The van der Waals surface area contributed by atoms with Crippen LogP contribution in [0.4, 0.5) is 0 Å². The van der Waals surface area contributed by atoms with E-state index in [0.717, 1.165) is 0 Å². The first kappa shape index (κ1) is 80.5. The van der Waals surface area contributed by atoms with E-state index in [1.165, 1.54) is 47.3 Å². The first-order valence-electron chi connectivity index (χ1n) is 36.5. The monoisotopic (exact) mass is 1470 g/mol. The largest absolute Gasteiger partial charge is 0.494 e. The molecule has 5 aliphatic heterocycles. The van der Waals surface area contributed by atoms with Gasteiger partial charge in [-0.15, -0.1) is 0 Å². The number of rotatable bonds is 36. The van der Waals surface area contributed by atoms with E-state index < -0.39 is 23.9 Å². The van der Waals surface area contributed by atoms with Crippen LogP contribution in [0.1, 0.15) is 131 Å². The summed E-state index contributed by atoms with van der Waals surface area (Å²) >= 11 is 0. The summed E-state index contributed by atoms with van der Waals surface area (Å²) < 4.78 is 47.0. The predicted octanol–water partition coefficient (Wildman–Crippen LogP) is 12.0. The fourth-order valence-electron chi connectivity index (χ4n) is 12.2. The molecule has 4 aromatic carbocycles. The normalized spacial score (nSPS) is 14.1. The number of ether oxygens (including phenoxy) is 8. The van der Waals surface area contributed by atoms with E-state index in [0.29, 0.717) is 139 Å². The van der Waals surface area contributed by atoms with E-state index in [9.17, 15) is 38.4 Å². The highest BCUT2D eigenvalue weighted by atomic mass is 16.6. The van der Waals surface area contributed by atoms with Crippen LogP contribution >= 0.6 is 0 Å². The Morgan fingerprint density at radius 1 is 0.306 bits per heavy atom. The van der Waals surface area contributed by atoms with Crippen molar-refractivity contribution < 1.29 is 76.3 Å². The number of hydrogen-bond donors (Lipinski definition) is 0. The van der Waals surface area contributed by atoms with Crippen LogP contribution in [-0.4, -0.2) is 193 Å². The summed E-state index contributed by atoms with van der Waals surface area (Å²) in [6.45, 7) is 20.8. The van der Waals surface area contributed by atoms with Gasteiger partial charge in [0.25, 0.3) is 0 Å². The molecular formula is C84H96N8O16. The molecule has 0 atom stereocenters. The fraction of sp³-hybridized carbons (Fsp3) is 0.381. The molecule has 0 saturated heterocycles. The summed E-state index contributed by atoms with van der Waals surface area (Å²) in [6.07, 6.45) is 15.9. The summed E-state index contributed by atoms with van der Waals surface area (Å²) in [5.41, 5.74) is 9.99. The third-order valence-electron chi connectivity index (χ3n) is 17.0. The number of hydrogen-bond acceptors (Lipinski definition) is 20. The first-order chi connectivity index (χ1) is 51.7. The second kappa shape index (κ2) is 38.6. The molecule has 4 amide bonds. The molecule has 24 nitrogen and oxygen atoms in total. The predicted molar refractivity (Wildman–Crippen MR) is 414 cm³/mol. The molecule has 9 rings (SSSR count). The lowest BCUT2D eigenvalue weighted by molar-refractivity contribution is -0.152. The van der Waals surface area contributed by atoms with E-state index in [2.05, 4.69) is 0 Å². The number of carbonyl (C=O) groups excluding carboxylic acids is 8. The second-order valence-electron chi connectivity index (χ2n) is 27.2. The van der Waals surface area contributed by atoms with Crippen molar-refractivity contribution in [3.05, 3.63) is 191 Å². The van der Waals surface area contributed by atoms with E-state index >= 15 is 0 Å². The number of benzene rings is 4. The Hall–Kier alpha value is -11.6. The minimum Gasteiger partial charge on any atom is -0.494 e. The second-order valence-corrected chi connectivity index (χ2v) is 27.2. The zero-order valence-electron chi connectivity index (χ0n) is 63.6. The molecule has 0 saturated carbocycles. The van der Waals surface area contributed by atoms with Crippen LogP contribution in [0.2, 0.25) is 0 Å². The SMILES string of the molecule is CC(=O)N(CCCOc1cccc(C2=C3C=CC(=N3)C(c3cccc(OCCCN(CC(=O)OC(C)C)C(C)=O)c3)=C3C=CC(=N3)C(c3cccc(OCCCN(CC(=O)OC(C)C)C(C)=O)c3)=C3C=CC(=N3)C(c3cccc(OCCCN(CC(=O)OC(C)C)C(C)=O)c3)=C3C=CC2=N3)c1)CC(=O)OC(C)C. The van der Waals surface area contributed by atoms with Crippen molar-refractivity contribution in [2.24, 2.45) is 20.0 Å². The lowest BCUT2D eigenvalue weighted by Gasteiger charge is -2.21. The molecule has 4 aromatic rings. The number of carbonyl (C=O) groups is 8. The van der Waals surface area contributed by atoms with Crippen LogP contribution in [0.15, 0.2) is 188 Å². The summed E-state index contributed by atoms with van der Waals surface area (Å²) in [7, 11) is 0. The van der Waals surface area contributed by atoms with Crippen LogP contribution in [0.3, 0.4) is 0 Å². The fourth-order valence-corrected chi connectivity index (χ4v) is 12.2. The summed E-state index contributed by atoms with van der Waals surface area (Å²) in [4.78, 5) is 129. The van der Waals surface area contributed by atoms with Gasteiger partial charge in [0.1, 0.15) is 49.2 Å². The van der Waals surface area contributed by atoms with Crippen LogP contribution in [0.5, 0.6) is 23.0 Å². The van der Waals surface area contributed by atoms with Gasteiger partial charge in [0.2, 0.25) is 23.6 Å². The highest BCUT2D eigenvalue weighted by Gasteiger charge is 2.30. The van der Waals surface area contributed by atoms with Gasteiger partial charge in [-0.25, -0.2) is 20.0 Å². The zero-order chi connectivity index (χ0) is 77.6. The van der Waals surface area contributed by atoms with Crippen molar-refractivity contribution in [3.63, 3.8) is 0 Å². The molecule has 5 heterocycles. The van der Waals surface area contributed by atoms with Crippen molar-refractivity contribution in [1.29, 1.82) is 0 Å².